The summed E-state index contributed by atoms with van der Waals surface area (Å²) < 4.78 is 37.7. The van der Waals surface area contributed by atoms with Gasteiger partial charge in [-0.3, -0.25) is 4.79 Å². The summed E-state index contributed by atoms with van der Waals surface area (Å²) >= 11 is 0. The summed E-state index contributed by atoms with van der Waals surface area (Å²) in [5.41, 5.74) is -0.738. The molecular weight excluding hydrogens is 462 g/mol. The summed E-state index contributed by atoms with van der Waals surface area (Å²) in [5.74, 6) is -1.32. The molecule has 1 aliphatic heterocycles. The number of carbonyl (C=O) groups is 3. The quantitative estimate of drug-likeness (QED) is 0.600. The first kappa shape index (κ1) is 26.0. The Morgan fingerprint density at radius 2 is 1.71 bits per heavy atom. The average Bonchev–Trinajstić information content (AvgIpc) is 3.47. The molecule has 2 fully saturated rings. The van der Waals surface area contributed by atoms with Crippen LogP contribution >= 0.6 is 0 Å². The number of rotatable bonds is 6. The largest absolute Gasteiger partial charge is 0.467 e. The van der Waals surface area contributed by atoms with Crippen molar-refractivity contribution in [3.63, 3.8) is 0 Å². The smallest absolute Gasteiger partial charge is 0.408 e. The lowest BCUT2D eigenvalue weighted by atomic mass is 9.85. The first-order valence-corrected chi connectivity index (χ1v) is 12.8. The van der Waals surface area contributed by atoms with Crippen molar-refractivity contribution in [1.29, 1.82) is 0 Å². The molecule has 1 N–H and O–H groups in total. The van der Waals surface area contributed by atoms with Gasteiger partial charge in [0.25, 0.3) is 0 Å². The molecule has 34 heavy (non-hydrogen) atoms. The normalized spacial score (nSPS) is 20.7. The molecule has 3 rings (SSSR count). The molecule has 1 saturated heterocycles. The Bertz CT molecular complexity index is 1000. The molecule has 2 amide bonds. The second kappa shape index (κ2) is 10.3. The number of nitrogens with one attached hydrogen (secondary N) is 1. The standard InChI is InChI=1S/C23H33N3O7S/c1-23(2,3)19(24-22(29)33-16-10-8-9-11-16)20(27)26-15-25(14-18(26)21(28)32-4)34(30,31)17-12-6-5-7-13-17/h5-7,12-13,16,18-19H,8-11,14-15H2,1-4H3,(H,24,29)/t18-,19+/m0/s1. The van der Waals surface area contributed by atoms with E-state index in [1.54, 1.807) is 39.0 Å². The minimum atomic E-state index is -3.96. The zero-order valence-corrected chi connectivity index (χ0v) is 20.8. The number of carbonyl (C=O) groups excluding carboxylic acids is 3. The molecule has 1 heterocycles. The monoisotopic (exact) mass is 495 g/mol. The van der Waals surface area contributed by atoms with E-state index in [4.69, 9.17) is 9.47 Å². The van der Waals surface area contributed by atoms with Gasteiger partial charge in [-0.25, -0.2) is 18.0 Å². The number of methoxy groups -OCH3 is 1. The molecule has 1 saturated carbocycles. The first-order valence-electron chi connectivity index (χ1n) is 11.4. The maximum Gasteiger partial charge on any atom is 0.408 e. The van der Waals surface area contributed by atoms with Gasteiger partial charge in [0.2, 0.25) is 15.9 Å². The summed E-state index contributed by atoms with van der Waals surface area (Å²) in [7, 11) is -2.78. The number of amides is 2. The van der Waals surface area contributed by atoms with Crippen molar-refractivity contribution >= 4 is 28.0 Å². The SMILES string of the molecule is COC(=O)[C@@H]1CN(S(=O)(=O)c2ccccc2)CN1C(=O)[C@@H](NC(=O)OC1CCCC1)C(C)(C)C. The molecule has 2 atom stereocenters. The van der Waals surface area contributed by atoms with Gasteiger partial charge in [-0.2, -0.15) is 4.31 Å². The van der Waals surface area contributed by atoms with Crippen LogP contribution in [0.15, 0.2) is 35.2 Å². The Labute approximate surface area is 200 Å². The van der Waals surface area contributed by atoms with Crippen molar-refractivity contribution in [2.45, 2.75) is 69.5 Å². The van der Waals surface area contributed by atoms with Crippen LogP contribution in [0.3, 0.4) is 0 Å². The van der Waals surface area contributed by atoms with E-state index in [0.717, 1.165) is 34.9 Å². The van der Waals surface area contributed by atoms with E-state index in [1.807, 2.05) is 0 Å². The fourth-order valence-corrected chi connectivity index (χ4v) is 5.63. The summed E-state index contributed by atoms with van der Waals surface area (Å²) in [4.78, 5) is 39.9. The summed E-state index contributed by atoms with van der Waals surface area (Å²) in [6.07, 6.45) is 2.65. The lowest BCUT2D eigenvalue weighted by molar-refractivity contribution is -0.152. The lowest BCUT2D eigenvalue weighted by Crippen LogP contribution is -2.57. The summed E-state index contributed by atoms with van der Waals surface area (Å²) in [6.45, 7) is 4.72. The minimum absolute atomic E-state index is 0.0542. The molecule has 0 unspecified atom stereocenters. The van der Waals surface area contributed by atoms with E-state index in [2.05, 4.69) is 5.32 Å². The molecule has 188 valence electrons. The van der Waals surface area contributed by atoms with Crippen LogP contribution in [-0.4, -0.2) is 74.1 Å². The van der Waals surface area contributed by atoms with E-state index < -0.39 is 45.5 Å². The topological polar surface area (TPSA) is 122 Å². The number of hydrogen-bond acceptors (Lipinski definition) is 7. The third-order valence-electron chi connectivity index (χ3n) is 6.15. The van der Waals surface area contributed by atoms with Crippen LogP contribution < -0.4 is 5.32 Å². The highest BCUT2D eigenvalue weighted by Gasteiger charge is 2.48. The number of sulfonamides is 1. The van der Waals surface area contributed by atoms with Gasteiger partial charge in [0, 0.05) is 6.54 Å². The zero-order chi connectivity index (χ0) is 25.1. The second-order valence-electron chi connectivity index (χ2n) is 9.70. The summed E-state index contributed by atoms with van der Waals surface area (Å²) in [6, 6.07) is 5.59. The van der Waals surface area contributed by atoms with Crippen LogP contribution in [0, 0.1) is 5.41 Å². The van der Waals surface area contributed by atoms with Gasteiger partial charge >= 0.3 is 12.1 Å². The fraction of sp³-hybridized carbons (Fsp3) is 0.609. The van der Waals surface area contributed by atoms with E-state index in [1.165, 1.54) is 19.2 Å². The van der Waals surface area contributed by atoms with Crippen LogP contribution in [0.25, 0.3) is 0 Å². The predicted octanol–water partition coefficient (Wildman–Crippen LogP) is 2.10. The van der Waals surface area contributed by atoms with Crippen molar-refractivity contribution in [3.8, 4) is 0 Å². The fourth-order valence-electron chi connectivity index (χ4n) is 4.22. The third-order valence-corrected chi connectivity index (χ3v) is 7.96. The Kier molecular flexibility index (Phi) is 7.87. The number of alkyl carbamates (subject to hydrolysis) is 1. The molecule has 11 heteroatoms. The van der Waals surface area contributed by atoms with E-state index in [0.29, 0.717) is 0 Å². The Balaban J connectivity index is 1.84. The van der Waals surface area contributed by atoms with Crippen molar-refractivity contribution < 1.29 is 32.3 Å². The van der Waals surface area contributed by atoms with Crippen LogP contribution in [-0.2, 0) is 29.1 Å². The van der Waals surface area contributed by atoms with Crippen LogP contribution in [0.5, 0.6) is 0 Å². The average molecular weight is 496 g/mol. The molecule has 0 aromatic heterocycles. The highest BCUT2D eigenvalue weighted by Crippen LogP contribution is 2.28. The Morgan fingerprint density at radius 3 is 2.26 bits per heavy atom. The second-order valence-corrected chi connectivity index (χ2v) is 11.6. The minimum Gasteiger partial charge on any atom is -0.467 e. The maximum atomic E-state index is 13.6. The lowest BCUT2D eigenvalue weighted by Gasteiger charge is -2.34. The Hall–Kier alpha value is -2.66. The highest BCUT2D eigenvalue weighted by molar-refractivity contribution is 7.89. The number of benzene rings is 1. The van der Waals surface area contributed by atoms with E-state index in [9.17, 15) is 22.8 Å². The van der Waals surface area contributed by atoms with Gasteiger partial charge in [-0.15, -0.1) is 0 Å². The third kappa shape index (κ3) is 5.69. The van der Waals surface area contributed by atoms with Gasteiger partial charge < -0.3 is 19.7 Å². The van der Waals surface area contributed by atoms with Gasteiger partial charge in [0.1, 0.15) is 18.2 Å². The number of nitrogens with zero attached hydrogens (tertiary/aromatic N) is 2. The molecule has 0 spiro atoms. The molecule has 0 bridgehead atoms. The predicted molar refractivity (Wildman–Crippen MR) is 123 cm³/mol. The van der Waals surface area contributed by atoms with Crippen LogP contribution in [0.1, 0.15) is 46.5 Å². The molecule has 0 radical (unpaired) electrons. The number of ether oxygens (including phenoxy) is 2. The highest BCUT2D eigenvalue weighted by atomic mass is 32.2. The Morgan fingerprint density at radius 1 is 1.09 bits per heavy atom. The first-order chi connectivity index (χ1) is 15.9. The molecule has 1 aromatic carbocycles. The van der Waals surface area contributed by atoms with Crippen LogP contribution in [0.2, 0.25) is 0 Å². The van der Waals surface area contributed by atoms with Crippen molar-refractivity contribution in [3.05, 3.63) is 30.3 Å². The molecule has 1 aliphatic carbocycles. The van der Waals surface area contributed by atoms with Gasteiger partial charge in [0.15, 0.2) is 0 Å². The maximum absolute atomic E-state index is 13.6. The molecule has 2 aliphatic rings. The van der Waals surface area contributed by atoms with Gasteiger partial charge in [-0.1, -0.05) is 39.0 Å². The van der Waals surface area contributed by atoms with Gasteiger partial charge in [-0.05, 0) is 43.2 Å². The van der Waals surface area contributed by atoms with E-state index in [-0.39, 0.29) is 24.2 Å². The van der Waals surface area contributed by atoms with Crippen molar-refractivity contribution in [2.24, 2.45) is 5.41 Å². The van der Waals surface area contributed by atoms with Crippen molar-refractivity contribution in [2.75, 3.05) is 20.3 Å². The molecule has 10 nitrogen and oxygen atoms in total. The number of esters is 1. The molecule has 1 aromatic rings. The van der Waals surface area contributed by atoms with Gasteiger partial charge in [0.05, 0.1) is 18.7 Å². The van der Waals surface area contributed by atoms with Crippen LogP contribution in [0.4, 0.5) is 4.79 Å². The van der Waals surface area contributed by atoms with Crippen molar-refractivity contribution in [1.82, 2.24) is 14.5 Å². The zero-order valence-electron chi connectivity index (χ0n) is 20.0. The van der Waals surface area contributed by atoms with E-state index >= 15 is 0 Å². The number of hydrogen-bond donors (Lipinski definition) is 1. The summed E-state index contributed by atoms with van der Waals surface area (Å²) in [5, 5.41) is 2.65. The molecular formula is C23H33N3O7S.